The van der Waals surface area contributed by atoms with Gasteiger partial charge in [0, 0.05) is 5.33 Å². The Morgan fingerprint density at radius 3 is 2.53 bits per heavy atom. The first kappa shape index (κ1) is 14.6. The van der Waals surface area contributed by atoms with E-state index in [0.717, 1.165) is 0 Å². The van der Waals surface area contributed by atoms with Crippen LogP contribution in [-0.2, 0) is 14.9 Å². The number of hydrogen-bond acceptors (Lipinski definition) is 3. The normalized spacial score (nSPS) is 13.1. The van der Waals surface area contributed by atoms with E-state index in [4.69, 9.17) is 4.55 Å². The molecule has 0 saturated heterocycles. The SMILES string of the molecule is O=C(Nc1ccccc1S(=O)(=O)O)C(Br)CBr. The third kappa shape index (κ3) is 4.06. The van der Waals surface area contributed by atoms with Crippen LogP contribution in [0.5, 0.6) is 0 Å². The molecule has 1 atom stereocenters. The highest BCUT2D eigenvalue weighted by molar-refractivity contribution is 9.12. The molecule has 0 bridgehead atoms. The van der Waals surface area contributed by atoms with Crippen LogP contribution in [0.25, 0.3) is 0 Å². The van der Waals surface area contributed by atoms with Gasteiger partial charge in [0.25, 0.3) is 10.1 Å². The third-order valence-electron chi connectivity index (χ3n) is 1.84. The van der Waals surface area contributed by atoms with E-state index < -0.39 is 20.9 Å². The van der Waals surface area contributed by atoms with Crippen LogP contribution in [-0.4, -0.2) is 29.0 Å². The molecule has 1 rings (SSSR count). The minimum atomic E-state index is -4.35. The van der Waals surface area contributed by atoms with Crippen LogP contribution in [0.1, 0.15) is 0 Å². The van der Waals surface area contributed by atoms with Crippen LogP contribution in [0, 0.1) is 0 Å². The molecule has 1 unspecified atom stereocenters. The van der Waals surface area contributed by atoms with Gasteiger partial charge in [-0.3, -0.25) is 9.35 Å². The predicted molar refractivity (Wildman–Crippen MR) is 71.4 cm³/mol. The smallest absolute Gasteiger partial charge is 0.296 e. The van der Waals surface area contributed by atoms with Crippen molar-refractivity contribution in [2.45, 2.75) is 9.72 Å². The Bertz CT molecular complexity index is 517. The van der Waals surface area contributed by atoms with Crippen molar-refractivity contribution in [3.8, 4) is 0 Å². The largest absolute Gasteiger partial charge is 0.324 e. The zero-order chi connectivity index (χ0) is 13.1. The first-order chi connectivity index (χ1) is 7.86. The van der Waals surface area contributed by atoms with Crippen molar-refractivity contribution >= 4 is 53.6 Å². The van der Waals surface area contributed by atoms with Crippen molar-refractivity contribution in [1.29, 1.82) is 0 Å². The van der Waals surface area contributed by atoms with Gasteiger partial charge in [-0.25, -0.2) is 0 Å². The fourth-order valence-electron chi connectivity index (χ4n) is 1.08. The van der Waals surface area contributed by atoms with Gasteiger partial charge in [0.15, 0.2) is 0 Å². The molecular formula is C9H9Br2NO4S. The summed E-state index contributed by atoms with van der Waals surface area (Å²) < 4.78 is 31.1. The monoisotopic (exact) mass is 385 g/mol. The number of carbonyl (C=O) groups excluding carboxylic acids is 1. The standard InChI is InChI=1S/C9H9Br2NO4S/c10-5-6(11)9(13)12-7-3-1-2-4-8(7)17(14,15)16/h1-4,6H,5H2,(H,12,13)(H,14,15,16). The van der Waals surface area contributed by atoms with Crippen LogP contribution in [0.2, 0.25) is 0 Å². The van der Waals surface area contributed by atoms with E-state index in [2.05, 4.69) is 37.2 Å². The van der Waals surface area contributed by atoms with E-state index >= 15 is 0 Å². The Morgan fingerprint density at radius 1 is 1.41 bits per heavy atom. The molecule has 0 aliphatic rings. The van der Waals surface area contributed by atoms with Crippen molar-refractivity contribution in [1.82, 2.24) is 0 Å². The summed E-state index contributed by atoms with van der Waals surface area (Å²) in [7, 11) is -4.35. The summed E-state index contributed by atoms with van der Waals surface area (Å²) in [6.45, 7) is 0. The minimum Gasteiger partial charge on any atom is -0.324 e. The molecule has 0 heterocycles. The zero-order valence-corrected chi connectivity index (χ0v) is 12.4. The number of nitrogens with one attached hydrogen (secondary N) is 1. The highest BCUT2D eigenvalue weighted by Gasteiger charge is 2.19. The Morgan fingerprint density at radius 2 is 2.00 bits per heavy atom. The third-order valence-corrected chi connectivity index (χ3v) is 5.01. The van der Waals surface area contributed by atoms with Gasteiger partial charge in [0.2, 0.25) is 5.91 Å². The zero-order valence-electron chi connectivity index (χ0n) is 8.43. The Hall–Kier alpha value is -0.440. The molecule has 0 aliphatic carbocycles. The number of hydrogen-bond donors (Lipinski definition) is 2. The van der Waals surface area contributed by atoms with Crippen molar-refractivity contribution < 1.29 is 17.8 Å². The first-order valence-corrected chi connectivity index (χ1v) is 7.91. The summed E-state index contributed by atoms with van der Waals surface area (Å²) >= 11 is 6.22. The summed E-state index contributed by atoms with van der Waals surface area (Å²) in [6.07, 6.45) is 0. The molecule has 2 N–H and O–H groups in total. The lowest BCUT2D eigenvalue weighted by atomic mass is 10.3. The maximum absolute atomic E-state index is 11.6. The maximum atomic E-state index is 11.6. The van der Waals surface area contributed by atoms with Gasteiger partial charge in [-0.2, -0.15) is 8.42 Å². The number of anilines is 1. The second kappa shape index (κ2) is 5.94. The molecule has 5 nitrogen and oxygen atoms in total. The quantitative estimate of drug-likeness (QED) is 0.612. The number of alkyl halides is 2. The van der Waals surface area contributed by atoms with Crippen molar-refractivity contribution in [3.05, 3.63) is 24.3 Å². The number of para-hydroxylation sites is 1. The lowest BCUT2D eigenvalue weighted by molar-refractivity contribution is -0.115. The molecule has 17 heavy (non-hydrogen) atoms. The molecule has 94 valence electrons. The minimum absolute atomic E-state index is 0.0467. The Balaban J connectivity index is 3.04. The molecule has 8 heteroatoms. The summed E-state index contributed by atoms with van der Waals surface area (Å²) in [5.74, 6) is -0.405. The lowest BCUT2D eigenvalue weighted by Gasteiger charge is -2.10. The highest BCUT2D eigenvalue weighted by Crippen LogP contribution is 2.21. The van der Waals surface area contributed by atoms with Gasteiger partial charge >= 0.3 is 0 Å². The van der Waals surface area contributed by atoms with Gasteiger partial charge in [0.1, 0.15) is 9.72 Å². The topological polar surface area (TPSA) is 83.5 Å². The van der Waals surface area contributed by atoms with Gasteiger partial charge in [-0.05, 0) is 12.1 Å². The predicted octanol–water partition coefficient (Wildman–Crippen LogP) is 2.03. The van der Waals surface area contributed by atoms with Crippen LogP contribution in [0.4, 0.5) is 5.69 Å². The first-order valence-electron chi connectivity index (χ1n) is 4.43. The van der Waals surface area contributed by atoms with Gasteiger partial charge in [0.05, 0.1) is 5.69 Å². The molecule has 0 radical (unpaired) electrons. The summed E-state index contributed by atoms with van der Waals surface area (Å²) in [5, 5.41) is 2.79. The lowest BCUT2D eigenvalue weighted by Crippen LogP contribution is -2.24. The highest BCUT2D eigenvalue weighted by atomic mass is 79.9. The van der Waals surface area contributed by atoms with Gasteiger partial charge in [-0.1, -0.05) is 44.0 Å². The Labute approximate surface area is 116 Å². The van der Waals surface area contributed by atoms with Crippen molar-refractivity contribution in [2.24, 2.45) is 0 Å². The summed E-state index contributed by atoms with van der Waals surface area (Å²) in [6, 6.07) is 5.62. The van der Waals surface area contributed by atoms with Crippen LogP contribution in [0.3, 0.4) is 0 Å². The van der Waals surface area contributed by atoms with Crippen LogP contribution < -0.4 is 5.32 Å². The Kier molecular flexibility index (Phi) is 5.11. The fraction of sp³-hybridized carbons (Fsp3) is 0.222. The molecule has 1 amide bonds. The van der Waals surface area contributed by atoms with E-state index in [-0.39, 0.29) is 10.6 Å². The number of halogens is 2. The van der Waals surface area contributed by atoms with Crippen LogP contribution >= 0.6 is 31.9 Å². The van der Waals surface area contributed by atoms with Crippen LogP contribution in [0.15, 0.2) is 29.2 Å². The van der Waals surface area contributed by atoms with E-state index in [1.807, 2.05) is 0 Å². The fourth-order valence-corrected chi connectivity index (χ4v) is 2.13. The van der Waals surface area contributed by atoms with Crippen molar-refractivity contribution in [3.63, 3.8) is 0 Å². The summed E-state index contributed by atoms with van der Waals surface area (Å²) in [4.78, 5) is 10.7. The number of carbonyl (C=O) groups is 1. The van der Waals surface area contributed by atoms with E-state index in [1.165, 1.54) is 18.2 Å². The number of amides is 1. The number of benzene rings is 1. The molecular weight excluding hydrogens is 378 g/mol. The average Bonchev–Trinajstić information content (AvgIpc) is 2.27. The number of rotatable bonds is 4. The molecule has 1 aromatic rings. The average molecular weight is 387 g/mol. The van der Waals surface area contributed by atoms with E-state index in [9.17, 15) is 13.2 Å². The maximum Gasteiger partial charge on any atom is 0.296 e. The van der Waals surface area contributed by atoms with E-state index in [1.54, 1.807) is 6.07 Å². The molecule has 0 aliphatic heterocycles. The second-order valence-electron chi connectivity index (χ2n) is 3.08. The molecule has 1 aromatic carbocycles. The molecule has 0 aromatic heterocycles. The second-order valence-corrected chi connectivity index (χ2v) is 6.23. The molecule has 0 spiro atoms. The van der Waals surface area contributed by atoms with E-state index in [0.29, 0.717) is 5.33 Å². The van der Waals surface area contributed by atoms with Gasteiger partial charge < -0.3 is 5.32 Å². The molecule has 0 fully saturated rings. The van der Waals surface area contributed by atoms with Crippen molar-refractivity contribution in [2.75, 3.05) is 10.6 Å². The van der Waals surface area contributed by atoms with Gasteiger partial charge in [-0.15, -0.1) is 0 Å². The summed E-state index contributed by atoms with van der Waals surface area (Å²) in [5.41, 5.74) is 0.0467. The molecule has 0 saturated carbocycles.